The zero-order valence-electron chi connectivity index (χ0n) is 12.0. The van der Waals surface area contributed by atoms with Crippen molar-refractivity contribution < 1.29 is 14.8 Å². The van der Waals surface area contributed by atoms with Crippen molar-refractivity contribution in [2.24, 2.45) is 0 Å². The minimum Gasteiger partial charge on any atom is -0.394 e. The second-order valence-corrected chi connectivity index (χ2v) is 4.88. The van der Waals surface area contributed by atoms with Crippen LogP contribution in [0.15, 0.2) is 48.5 Å². The molecule has 0 saturated heterocycles. The summed E-state index contributed by atoms with van der Waals surface area (Å²) in [5, 5.41) is 22.9. The topological polar surface area (TPSA) is 92.5 Å². The molecule has 2 rings (SSSR count). The van der Waals surface area contributed by atoms with Crippen LogP contribution in [-0.4, -0.2) is 22.5 Å². The van der Waals surface area contributed by atoms with Gasteiger partial charge in [0.2, 0.25) is 0 Å². The van der Waals surface area contributed by atoms with Crippen LogP contribution < -0.4 is 5.32 Å². The number of non-ortho nitro benzene ring substituents is 1. The van der Waals surface area contributed by atoms with Gasteiger partial charge in [-0.2, -0.15) is 0 Å². The highest BCUT2D eigenvalue weighted by atomic mass is 16.6. The van der Waals surface area contributed by atoms with Crippen molar-refractivity contribution in [3.63, 3.8) is 0 Å². The maximum Gasteiger partial charge on any atom is 0.269 e. The molecule has 1 unspecified atom stereocenters. The fraction of sp³-hybridized carbons (Fsp3) is 0.188. The van der Waals surface area contributed by atoms with Crippen molar-refractivity contribution in [2.45, 2.75) is 13.0 Å². The number of aliphatic hydroxyl groups is 1. The standard InChI is InChI=1S/C16H16N2O4/c1-11-9-13(18(21)22)7-8-14(11)16(20)17-15(10-19)12-5-3-2-4-6-12/h2-9,15,19H,10H2,1H3,(H,17,20). The number of hydrogen-bond donors (Lipinski definition) is 2. The van der Waals surface area contributed by atoms with Crippen LogP contribution in [0.2, 0.25) is 0 Å². The van der Waals surface area contributed by atoms with Crippen molar-refractivity contribution >= 4 is 11.6 Å². The number of benzene rings is 2. The van der Waals surface area contributed by atoms with Gasteiger partial charge in [-0.1, -0.05) is 30.3 Å². The van der Waals surface area contributed by atoms with Gasteiger partial charge in [0.25, 0.3) is 11.6 Å². The number of hydrogen-bond acceptors (Lipinski definition) is 4. The fourth-order valence-electron chi connectivity index (χ4n) is 2.17. The van der Waals surface area contributed by atoms with Gasteiger partial charge in [-0.25, -0.2) is 0 Å². The van der Waals surface area contributed by atoms with Crippen LogP contribution in [0.1, 0.15) is 27.5 Å². The first-order valence-corrected chi connectivity index (χ1v) is 6.74. The lowest BCUT2D eigenvalue weighted by molar-refractivity contribution is -0.384. The first kappa shape index (κ1) is 15.7. The highest BCUT2D eigenvalue weighted by molar-refractivity contribution is 5.96. The Morgan fingerprint density at radius 3 is 2.50 bits per heavy atom. The van der Waals surface area contributed by atoms with Crippen LogP contribution in [-0.2, 0) is 0 Å². The normalized spacial score (nSPS) is 11.7. The van der Waals surface area contributed by atoms with E-state index in [1.54, 1.807) is 6.92 Å². The molecule has 0 fully saturated rings. The van der Waals surface area contributed by atoms with Crippen LogP contribution >= 0.6 is 0 Å². The molecule has 0 aliphatic carbocycles. The monoisotopic (exact) mass is 300 g/mol. The van der Waals surface area contributed by atoms with E-state index < -0.39 is 11.0 Å². The van der Waals surface area contributed by atoms with Crippen LogP contribution in [0.25, 0.3) is 0 Å². The maximum absolute atomic E-state index is 12.3. The molecule has 6 nitrogen and oxygen atoms in total. The summed E-state index contributed by atoms with van der Waals surface area (Å²) in [7, 11) is 0. The van der Waals surface area contributed by atoms with Crippen molar-refractivity contribution in [1.82, 2.24) is 5.32 Å². The number of nitro groups is 1. The van der Waals surface area contributed by atoms with E-state index in [0.717, 1.165) is 5.56 Å². The van der Waals surface area contributed by atoms with E-state index in [2.05, 4.69) is 5.32 Å². The minimum atomic E-state index is -0.525. The van der Waals surface area contributed by atoms with E-state index in [1.165, 1.54) is 18.2 Å². The third kappa shape index (κ3) is 3.48. The average molecular weight is 300 g/mol. The maximum atomic E-state index is 12.3. The van der Waals surface area contributed by atoms with E-state index in [1.807, 2.05) is 30.3 Å². The summed E-state index contributed by atoms with van der Waals surface area (Å²) in [6, 6.07) is 12.6. The van der Waals surface area contributed by atoms with Gasteiger partial charge < -0.3 is 10.4 Å². The minimum absolute atomic E-state index is 0.0594. The molecule has 1 amide bonds. The molecule has 0 aromatic heterocycles. The Labute approximate surface area is 127 Å². The molecule has 0 heterocycles. The molecular weight excluding hydrogens is 284 g/mol. The van der Waals surface area contributed by atoms with Gasteiger partial charge in [-0.15, -0.1) is 0 Å². The predicted octanol–water partition coefficient (Wildman–Crippen LogP) is 2.37. The number of carbonyl (C=O) groups is 1. The van der Waals surface area contributed by atoms with Crippen molar-refractivity contribution in [2.75, 3.05) is 6.61 Å². The molecule has 0 aliphatic heterocycles. The predicted molar refractivity (Wildman–Crippen MR) is 81.6 cm³/mol. The molecule has 22 heavy (non-hydrogen) atoms. The van der Waals surface area contributed by atoms with Gasteiger partial charge in [0, 0.05) is 17.7 Å². The number of aryl methyl sites for hydroxylation is 1. The Balaban J connectivity index is 2.19. The first-order valence-electron chi connectivity index (χ1n) is 6.74. The molecule has 6 heteroatoms. The molecule has 2 N–H and O–H groups in total. The van der Waals surface area contributed by atoms with E-state index in [-0.39, 0.29) is 18.2 Å². The molecule has 1 atom stereocenters. The molecule has 0 aliphatic rings. The third-order valence-electron chi connectivity index (χ3n) is 3.36. The van der Waals surface area contributed by atoms with Gasteiger partial charge in [-0.3, -0.25) is 14.9 Å². The fourth-order valence-corrected chi connectivity index (χ4v) is 2.17. The highest BCUT2D eigenvalue weighted by Gasteiger charge is 2.17. The Kier molecular flexibility index (Phi) is 4.85. The number of aliphatic hydroxyl groups excluding tert-OH is 1. The molecule has 0 spiro atoms. The van der Waals surface area contributed by atoms with Gasteiger partial charge >= 0.3 is 0 Å². The first-order chi connectivity index (χ1) is 10.5. The Bertz CT molecular complexity index is 686. The second-order valence-electron chi connectivity index (χ2n) is 4.88. The van der Waals surface area contributed by atoms with Crippen molar-refractivity contribution in [3.05, 3.63) is 75.3 Å². The lowest BCUT2D eigenvalue weighted by Gasteiger charge is -2.17. The van der Waals surface area contributed by atoms with Crippen LogP contribution in [0.5, 0.6) is 0 Å². The Morgan fingerprint density at radius 2 is 1.95 bits per heavy atom. The van der Waals surface area contributed by atoms with Crippen LogP contribution in [0.3, 0.4) is 0 Å². The number of carbonyl (C=O) groups excluding carboxylic acids is 1. The summed E-state index contributed by atoms with van der Waals surface area (Å²) in [6.07, 6.45) is 0. The van der Waals surface area contributed by atoms with Gasteiger partial charge in [0.1, 0.15) is 0 Å². The van der Waals surface area contributed by atoms with E-state index in [4.69, 9.17) is 0 Å². The van der Waals surface area contributed by atoms with Crippen molar-refractivity contribution in [1.29, 1.82) is 0 Å². The lowest BCUT2D eigenvalue weighted by atomic mass is 10.0. The summed E-state index contributed by atoms with van der Waals surface area (Å²) in [6.45, 7) is 1.40. The summed E-state index contributed by atoms with van der Waals surface area (Å²) >= 11 is 0. The van der Waals surface area contributed by atoms with Crippen molar-refractivity contribution in [3.8, 4) is 0 Å². The molecule has 2 aromatic rings. The van der Waals surface area contributed by atoms with Gasteiger partial charge in [0.05, 0.1) is 17.6 Å². The zero-order valence-corrected chi connectivity index (χ0v) is 12.0. The molecule has 0 bridgehead atoms. The zero-order chi connectivity index (χ0) is 16.1. The molecule has 2 aromatic carbocycles. The lowest BCUT2D eigenvalue weighted by Crippen LogP contribution is -2.31. The molecule has 114 valence electrons. The van der Waals surface area contributed by atoms with Gasteiger partial charge in [-0.05, 0) is 24.1 Å². The number of rotatable bonds is 5. The average Bonchev–Trinajstić information content (AvgIpc) is 2.53. The summed E-state index contributed by atoms with van der Waals surface area (Å²) < 4.78 is 0. The van der Waals surface area contributed by atoms with E-state index in [0.29, 0.717) is 11.1 Å². The molecule has 0 saturated carbocycles. The number of amides is 1. The number of nitrogens with zero attached hydrogens (tertiary/aromatic N) is 1. The van der Waals surface area contributed by atoms with Crippen LogP contribution in [0, 0.1) is 17.0 Å². The Morgan fingerprint density at radius 1 is 1.27 bits per heavy atom. The van der Waals surface area contributed by atoms with E-state index in [9.17, 15) is 20.0 Å². The summed E-state index contributed by atoms with van der Waals surface area (Å²) in [5.74, 6) is -0.379. The number of nitro benzene ring substituents is 1. The Hall–Kier alpha value is -2.73. The smallest absolute Gasteiger partial charge is 0.269 e. The quantitative estimate of drug-likeness (QED) is 0.655. The van der Waals surface area contributed by atoms with Crippen LogP contribution in [0.4, 0.5) is 5.69 Å². The molecule has 0 radical (unpaired) electrons. The SMILES string of the molecule is Cc1cc([N+](=O)[O-])ccc1C(=O)NC(CO)c1ccccc1. The van der Waals surface area contributed by atoms with E-state index >= 15 is 0 Å². The molecular formula is C16H16N2O4. The largest absolute Gasteiger partial charge is 0.394 e. The summed E-state index contributed by atoms with van der Waals surface area (Å²) in [5.41, 5.74) is 1.59. The second kappa shape index (κ2) is 6.82. The number of nitrogens with one attached hydrogen (secondary N) is 1. The third-order valence-corrected chi connectivity index (χ3v) is 3.36. The highest BCUT2D eigenvalue weighted by Crippen LogP contribution is 2.19. The van der Waals surface area contributed by atoms with Gasteiger partial charge in [0.15, 0.2) is 0 Å². The summed E-state index contributed by atoms with van der Waals surface area (Å²) in [4.78, 5) is 22.5.